The van der Waals surface area contributed by atoms with E-state index in [1.165, 1.54) is 7.11 Å². The first kappa shape index (κ1) is 18.6. The van der Waals surface area contributed by atoms with Crippen LogP contribution in [0.25, 0.3) is 0 Å². The molecule has 0 spiro atoms. The fraction of sp³-hybridized carbons (Fsp3) is 0.350. The summed E-state index contributed by atoms with van der Waals surface area (Å²) in [6.45, 7) is 5.42. The minimum atomic E-state index is -0.347. The molecular formula is C20H25NO4. The Morgan fingerprint density at radius 2 is 1.64 bits per heavy atom. The predicted octanol–water partition coefficient (Wildman–Crippen LogP) is 4.14. The molecule has 0 amide bonds. The zero-order valence-corrected chi connectivity index (χ0v) is 15.0. The van der Waals surface area contributed by atoms with E-state index in [1.807, 2.05) is 38.1 Å². The van der Waals surface area contributed by atoms with Gasteiger partial charge in [-0.25, -0.2) is 4.79 Å². The monoisotopic (exact) mass is 343 g/mol. The Balaban J connectivity index is 1.67. The van der Waals surface area contributed by atoms with Crippen molar-refractivity contribution in [2.24, 2.45) is 0 Å². The molecule has 1 N–H and O–H groups in total. The molecule has 0 aliphatic rings. The zero-order chi connectivity index (χ0) is 18.1. The fourth-order valence-electron chi connectivity index (χ4n) is 2.22. The van der Waals surface area contributed by atoms with Crippen LogP contribution in [0.4, 0.5) is 5.69 Å². The van der Waals surface area contributed by atoms with Crippen molar-refractivity contribution in [3.63, 3.8) is 0 Å². The highest BCUT2D eigenvalue weighted by atomic mass is 16.5. The molecule has 5 nitrogen and oxygen atoms in total. The quantitative estimate of drug-likeness (QED) is 0.548. The van der Waals surface area contributed by atoms with E-state index in [0.717, 1.165) is 30.2 Å². The van der Waals surface area contributed by atoms with Crippen LogP contribution in [0, 0.1) is 0 Å². The zero-order valence-electron chi connectivity index (χ0n) is 15.0. The van der Waals surface area contributed by atoms with Crippen LogP contribution in [0.1, 0.15) is 30.6 Å². The lowest BCUT2D eigenvalue weighted by atomic mass is 10.2. The summed E-state index contributed by atoms with van der Waals surface area (Å²) in [5.41, 5.74) is 1.57. The third kappa shape index (κ3) is 6.37. The summed E-state index contributed by atoms with van der Waals surface area (Å²) in [5.74, 6) is 1.27. The van der Waals surface area contributed by atoms with E-state index in [0.29, 0.717) is 12.2 Å². The molecule has 5 heteroatoms. The van der Waals surface area contributed by atoms with Gasteiger partial charge in [-0.1, -0.05) is 0 Å². The van der Waals surface area contributed by atoms with Gasteiger partial charge in [0.25, 0.3) is 0 Å². The Labute approximate surface area is 148 Å². The van der Waals surface area contributed by atoms with E-state index < -0.39 is 0 Å². The van der Waals surface area contributed by atoms with Gasteiger partial charge in [0.2, 0.25) is 0 Å². The fourth-order valence-corrected chi connectivity index (χ4v) is 2.22. The van der Waals surface area contributed by atoms with Crippen LogP contribution in [0.2, 0.25) is 0 Å². The first-order chi connectivity index (χ1) is 12.1. The average Bonchev–Trinajstić information content (AvgIpc) is 2.62. The van der Waals surface area contributed by atoms with Crippen LogP contribution in [0.3, 0.4) is 0 Å². The summed E-state index contributed by atoms with van der Waals surface area (Å²) in [4.78, 5) is 11.4. The summed E-state index contributed by atoms with van der Waals surface area (Å²) in [7, 11) is 1.37. The SMILES string of the molecule is COC(=O)c1ccc(OCCCNc2ccc(OC(C)C)cc2)cc1. The van der Waals surface area contributed by atoms with Crippen molar-refractivity contribution in [3.8, 4) is 11.5 Å². The Kier molecular flexibility index (Phi) is 7.14. The molecule has 134 valence electrons. The number of esters is 1. The molecule has 0 fully saturated rings. The number of methoxy groups -OCH3 is 1. The molecule has 25 heavy (non-hydrogen) atoms. The van der Waals surface area contributed by atoms with Crippen molar-refractivity contribution >= 4 is 11.7 Å². The van der Waals surface area contributed by atoms with Crippen molar-refractivity contribution < 1.29 is 19.0 Å². The molecule has 0 aliphatic heterocycles. The number of carbonyl (C=O) groups excluding carboxylic acids is 1. The second-order valence-electron chi connectivity index (χ2n) is 5.84. The van der Waals surface area contributed by atoms with Crippen LogP contribution >= 0.6 is 0 Å². The average molecular weight is 343 g/mol. The highest BCUT2D eigenvalue weighted by Gasteiger charge is 2.04. The van der Waals surface area contributed by atoms with E-state index in [4.69, 9.17) is 9.47 Å². The number of anilines is 1. The molecule has 0 unspecified atom stereocenters. The molecule has 2 rings (SSSR count). The van der Waals surface area contributed by atoms with Gasteiger partial charge in [0.15, 0.2) is 0 Å². The topological polar surface area (TPSA) is 56.8 Å². The van der Waals surface area contributed by atoms with Crippen molar-refractivity contribution in [1.82, 2.24) is 0 Å². The first-order valence-corrected chi connectivity index (χ1v) is 8.40. The van der Waals surface area contributed by atoms with Crippen LogP contribution in [0.5, 0.6) is 11.5 Å². The lowest BCUT2D eigenvalue weighted by molar-refractivity contribution is 0.0600. The number of rotatable bonds is 9. The minimum Gasteiger partial charge on any atom is -0.494 e. The number of hydrogen-bond donors (Lipinski definition) is 1. The van der Waals surface area contributed by atoms with Gasteiger partial charge >= 0.3 is 5.97 Å². The minimum absolute atomic E-state index is 0.178. The molecular weight excluding hydrogens is 318 g/mol. The second-order valence-corrected chi connectivity index (χ2v) is 5.84. The van der Waals surface area contributed by atoms with Gasteiger partial charge in [0.1, 0.15) is 11.5 Å². The van der Waals surface area contributed by atoms with E-state index in [9.17, 15) is 4.79 Å². The summed E-state index contributed by atoms with van der Waals surface area (Å²) < 4.78 is 15.9. The predicted molar refractivity (Wildman–Crippen MR) is 98.6 cm³/mol. The number of ether oxygens (including phenoxy) is 3. The number of benzene rings is 2. The first-order valence-electron chi connectivity index (χ1n) is 8.40. The van der Waals surface area contributed by atoms with E-state index in [-0.39, 0.29) is 12.1 Å². The van der Waals surface area contributed by atoms with Crippen molar-refractivity contribution in [2.75, 3.05) is 25.6 Å². The van der Waals surface area contributed by atoms with Gasteiger partial charge < -0.3 is 19.5 Å². The molecule has 0 bridgehead atoms. The summed E-state index contributed by atoms with van der Waals surface area (Å²) in [6.07, 6.45) is 1.04. The maximum atomic E-state index is 11.4. The smallest absolute Gasteiger partial charge is 0.337 e. The molecule has 0 radical (unpaired) electrons. The lowest BCUT2D eigenvalue weighted by Gasteiger charge is -2.11. The summed E-state index contributed by atoms with van der Waals surface area (Å²) in [5, 5.41) is 3.35. The summed E-state index contributed by atoms with van der Waals surface area (Å²) >= 11 is 0. The van der Waals surface area contributed by atoms with E-state index >= 15 is 0 Å². The Morgan fingerprint density at radius 3 is 2.24 bits per heavy atom. The van der Waals surface area contributed by atoms with Crippen molar-refractivity contribution in [1.29, 1.82) is 0 Å². The number of carbonyl (C=O) groups is 1. The van der Waals surface area contributed by atoms with E-state index in [2.05, 4.69) is 10.1 Å². The van der Waals surface area contributed by atoms with Gasteiger partial charge in [0.05, 0.1) is 25.4 Å². The molecule has 2 aromatic carbocycles. The highest BCUT2D eigenvalue weighted by Crippen LogP contribution is 2.17. The van der Waals surface area contributed by atoms with Gasteiger partial charge in [-0.15, -0.1) is 0 Å². The molecule has 2 aromatic rings. The summed E-state index contributed by atoms with van der Waals surface area (Å²) in [6, 6.07) is 14.9. The van der Waals surface area contributed by atoms with Crippen molar-refractivity contribution in [3.05, 3.63) is 54.1 Å². The third-order valence-electron chi connectivity index (χ3n) is 3.42. The third-order valence-corrected chi connectivity index (χ3v) is 3.42. The maximum absolute atomic E-state index is 11.4. The molecule has 0 atom stereocenters. The molecule has 0 saturated carbocycles. The van der Waals surface area contributed by atoms with Gasteiger partial charge in [-0.3, -0.25) is 0 Å². The standard InChI is InChI=1S/C20H25NO4/c1-15(2)25-19-11-7-17(8-12-19)21-13-4-14-24-18-9-5-16(6-10-18)20(22)23-3/h5-12,15,21H,4,13-14H2,1-3H3. The molecule has 0 aromatic heterocycles. The maximum Gasteiger partial charge on any atom is 0.337 e. The van der Waals surface area contributed by atoms with Crippen LogP contribution < -0.4 is 14.8 Å². The van der Waals surface area contributed by atoms with Crippen LogP contribution in [0.15, 0.2) is 48.5 Å². The Hall–Kier alpha value is -2.69. The highest BCUT2D eigenvalue weighted by molar-refractivity contribution is 5.89. The van der Waals surface area contributed by atoms with Crippen LogP contribution in [-0.2, 0) is 4.74 Å². The molecule has 0 saturated heterocycles. The van der Waals surface area contributed by atoms with Gasteiger partial charge in [-0.05, 0) is 68.8 Å². The lowest BCUT2D eigenvalue weighted by Crippen LogP contribution is -2.08. The van der Waals surface area contributed by atoms with Crippen molar-refractivity contribution in [2.45, 2.75) is 26.4 Å². The number of hydrogen-bond acceptors (Lipinski definition) is 5. The molecule has 0 heterocycles. The molecule has 0 aliphatic carbocycles. The Bertz CT molecular complexity index is 650. The Morgan fingerprint density at radius 1 is 1.00 bits per heavy atom. The largest absolute Gasteiger partial charge is 0.494 e. The van der Waals surface area contributed by atoms with Crippen LogP contribution in [-0.4, -0.2) is 32.3 Å². The second kappa shape index (κ2) is 9.57. The normalized spacial score (nSPS) is 10.4. The number of nitrogens with one attached hydrogen (secondary N) is 1. The van der Waals surface area contributed by atoms with E-state index in [1.54, 1.807) is 24.3 Å². The van der Waals surface area contributed by atoms with Gasteiger partial charge in [0, 0.05) is 12.2 Å². The van der Waals surface area contributed by atoms with Gasteiger partial charge in [-0.2, -0.15) is 0 Å².